The molecule has 1 aliphatic heterocycles. The minimum Gasteiger partial charge on any atom is -0.294 e. The van der Waals surface area contributed by atoms with Crippen molar-refractivity contribution in [3.8, 4) is 0 Å². The molecule has 0 bridgehead atoms. The van der Waals surface area contributed by atoms with Crippen LogP contribution in [0.3, 0.4) is 0 Å². The first kappa shape index (κ1) is 11.4. The predicted molar refractivity (Wildman–Crippen MR) is 63.6 cm³/mol. The Bertz CT molecular complexity index is 460. The zero-order chi connectivity index (χ0) is 11.8. The Kier molecular flexibility index (Phi) is 2.86. The lowest BCUT2D eigenvalue weighted by atomic mass is 9.95. The van der Waals surface area contributed by atoms with E-state index < -0.39 is 9.26 Å². The summed E-state index contributed by atoms with van der Waals surface area (Å²) in [5.41, 5.74) is 0.554. The van der Waals surface area contributed by atoms with E-state index in [-0.39, 0.29) is 11.6 Å². The van der Waals surface area contributed by atoms with Gasteiger partial charge in [0, 0.05) is 30.3 Å². The van der Waals surface area contributed by atoms with Crippen LogP contribution in [-0.4, -0.2) is 22.0 Å². The second-order valence-electron chi connectivity index (χ2n) is 3.54. The van der Waals surface area contributed by atoms with Crippen LogP contribution in [0.25, 0.3) is 0 Å². The van der Waals surface area contributed by atoms with E-state index in [9.17, 15) is 10.1 Å². The lowest BCUT2D eigenvalue weighted by Crippen LogP contribution is -2.22. The van der Waals surface area contributed by atoms with E-state index in [2.05, 4.69) is 4.99 Å². The molecule has 0 spiro atoms. The molecule has 84 valence electrons. The fourth-order valence-corrected chi connectivity index (χ4v) is 2.26. The molecule has 1 aliphatic rings. The molecular formula is C10H8Cl2N2O2. The summed E-state index contributed by atoms with van der Waals surface area (Å²) in [4.78, 5) is 14.4. The van der Waals surface area contributed by atoms with E-state index >= 15 is 0 Å². The lowest BCUT2D eigenvalue weighted by Gasteiger charge is -2.19. The summed E-state index contributed by atoms with van der Waals surface area (Å²) >= 11 is 12.1. The Balaban J connectivity index is 2.45. The average molecular weight is 259 g/mol. The molecule has 1 heterocycles. The molecule has 0 fully saturated rings. The van der Waals surface area contributed by atoms with Crippen molar-refractivity contribution in [2.75, 3.05) is 6.54 Å². The van der Waals surface area contributed by atoms with Gasteiger partial charge in [0.05, 0.1) is 4.92 Å². The van der Waals surface area contributed by atoms with Gasteiger partial charge in [-0.05, 0) is 0 Å². The number of para-hydroxylation sites is 1. The van der Waals surface area contributed by atoms with E-state index in [1.165, 1.54) is 12.3 Å². The van der Waals surface area contributed by atoms with E-state index in [1.54, 1.807) is 18.2 Å². The number of nitro groups is 1. The zero-order valence-electron chi connectivity index (χ0n) is 8.14. The van der Waals surface area contributed by atoms with Crippen molar-refractivity contribution >= 4 is 35.1 Å². The van der Waals surface area contributed by atoms with Gasteiger partial charge in [-0.2, -0.15) is 0 Å². The molecule has 0 aliphatic carbocycles. The highest BCUT2D eigenvalue weighted by molar-refractivity contribution is 6.57. The van der Waals surface area contributed by atoms with Gasteiger partial charge in [-0.1, -0.05) is 41.4 Å². The third-order valence-electron chi connectivity index (χ3n) is 2.52. The van der Waals surface area contributed by atoms with Crippen molar-refractivity contribution in [1.82, 2.24) is 0 Å². The second-order valence-corrected chi connectivity index (χ2v) is 4.98. The maximum atomic E-state index is 10.9. The molecule has 0 radical (unpaired) electrons. The first-order chi connectivity index (χ1) is 7.52. The Hall–Kier alpha value is -1.13. The monoisotopic (exact) mass is 258 g/mol. The van der Waals surface area contributed by atoms with Crippen LogP contribution in [0.4, 0.5) is 5.69 Å². The van der Waals surface area contributed by atoms with Gasteiger partial charge >= 0.3 is 0 Å². The summed E-state index contributed by atoms with van der Waals surface area (Å²) in [6.07, 6.45) is 1.43. The van der Waals surface area contributed by atoms with E-state index in [0.717, 1.165) is 0 Å². The van der Waals surface area contributed by atoms with Crippen LogP contribution in [0, 0.1) is 10.1 Å². The largest absolute Gasteiger partial charge is 0.294 e. The third kappa shape index (κ3) is 1.90. The molecule has 0 saturated heterocycles. The smallest absolute Gasteiger partial charge is 0.273 e. The molecule has 1 atom stereocenters. The highest BCUT2D eigenvalue weighted by Crippen LogP contribution is 2.43. The van der Waals surface area contributed by atoms with Gasteiger partial charge in [0.2, 0.25) is 0 Å². The van der Waals surface area contributed by atoms with Crippen molar-refractivity contribution in [2.24, 2.45) is 4.99 Å². The molecule has 6 heteroatoms. The quantitative estimate of drug-likeness (QED) is 0.465. The molecule has 16 heavy (non-hydrogen) atoms. The zero-order valence-corrected chi connectivity index (χ0v) is 9.65. The number of halogens is 2. The van der Waals surface area contributed by atoms with Crippen molar-refractivity contribution in [3.05, 3.63) is 39.9 Å². The molecule has 2 rings (SSSR count). The summed E-state index contributed by atoms with van der Waals surface area (Å²) < 4.78 is -1.16. The summed E-state index contributed by atoms with van der Waals surface area (Å²) in [5, 5.41) is 10.9. The molecular weight excluding hydrogens is 251 g/mol. The average Bonchev–Trinajstić information content (AvgIpc) is 2.58. The third-order valence-corrected chi connectivity index (χ3v) is 3.25. The van der Waals surface area contributed by atoms with Gasteiger partial charge < -0.3 is 0 Å². The van der Waals surface area contributed by atoms with Crippen LogP contribution >= 0.6 is 23.2 Å². The highest BCUT2D eigenvalue weighted by atomic mass is 35.5. The molecule has 0 amide bonds. The van der Waals surface area contributed by atoms with Crippen LogP contribution in [0.1, 0.15) is 11.5 Å². The minimum absolute atomic E-state index is 0.0312. The van der Waals surface area contributed by atoms with Gasteiger partial charge in [0.25, 0.3) is 5.69 Å². The summed E-state index contributed by atoms with van der Waals surface area (Å²) in [7, 11) is 0. The summed E-state index contributed by atoms with van der Waals surface area (Å²) in [6.45, 7) is 0.373. The molecule has 1 aromatic rings. The molecule has 0 aromatic heterocycles. The predicted octanol–water partition coefficient (Wildman–Crippen LogP) is 2.94. The molecule has 0 N–H and O–H groups in total. The lowest BCUT2D eigenvalue weighted by molar-refractivity contribution is -0.385. The summed E-state index contributed by atoms with van der Waals surface area (Å²) in [5.74, 6) is -0.363. The topological polar surface area (TPSA) is 55.5 Å². The second kappa shape index (κ2) is 4.03. The highest BCUT2D eigenvalue weighted by Gasteiger charge is 2.41. The van der Waals surface area contributed by atoms with Gasteiger partial charge in [-0.25, -0.2) is 0 Å². The molecule has 1 aromatic carbocycles. The van der Waals surface area contributed by atoms with Crippen molar-refractivity contribution < 1.29 is 4.92 Å². The van der Waals surface area contributed by atoms with Crippen LogP contribution in [0.2, 0.25) is 0 Å². The minimum atomic E-state index is -1.16. The number of benzene rings is 1. The fourth-order valence-electron chi connectivity index (χ4n) is 1.75. The van der Waals surface area contributed by atoms with Crippen molar-refractivity contribution in [1.29, 1.82) is 0 Å². The number of hydrogen-bond donors (Lipinski definition) is 0. The van der Waals surface area contributed by atoms with Gasteiger partial charge in [0.15, 0.2) is 4.33 Å². The number of hydrogen-bond acceptors (Lipinski definition) is 3. The van der Waals surface area contributed by atoms with Crippen LogP contribution < -0.4 is 0 Å². The molecule has 1 unspecified atom stereocenters. The Labute approximate surface area is 102 Å². The molecule has 4 nitrogen and oxygen atoms in total. The SMILES string of the molecule is O=[N+]([O-])c1ccccc1C1CN=CC1(Cl)Cl. The maximum absolute atomic E-state index is 10.9. The first-order valence-corrected chi connectivity index (χ1v) is 5.40. The number of aliphatic imine (C=N–C) groups is 1. The standard InChI is InChI=1S/C10H8Cl2N2O2/c11-10(12)6-13-5-8(10)7-3-1-2-4-9(7)14(15)16/h1-4,6,8H,5H2. The van der Waals surface area contributed by atoms with Crippen LogP contribution in [-0.2, 0) is 0 Å². The number of alkyl halides is 2. The fraction of sp³-hybridized carbons (Fsp3) is 0.300. The summed E-state index contributed by atoms with van der Waals surface area (Å²) in [6, 6.07) is 6.45. The van der Waals surface area contributed by atoms with E-state index in [0.29, 0.717) is 12.1 Å². The molecule has 0 saturated carbocycles. The first-order valence-electron chi connectivity index (χ1n) is 4.64. The van der Waals surface area contributed by atoms with Gasteiger partial charge in [-0.3, -0.25) is 15.1 Å². The van der Waals surface area contributed by atoms with Crippen LogP contribution in [0.5, 0.6) is 0 Å². The van der Waals surface area contributed by atoms with Gasteiger partial charge in [-0.15, -0.1) is 0 Å². The number of rotatable bonds is 2. The number of nitrogens with zero attached hydrogens (tertiary/aromatic N) is 2. The maximum Gasteiger partial charge on any atom is 0.273 e. The van der Waals surface area contributed by atoms with Gasteiger partial charge in [0.1, 0.15) is 0 Å². The van der Waals surface area contributed by atoms with Crippen molar-refractivity contribution in [3.63, 3.8) is 0 Å². The Morgan fingerprint density at radius 3 is 2.69 bits per heavy atom. The van der Waals surface area contributed by atoms with Crippen molar-refractivity contribution in [2.45, 2.75) is 10.3 Å². The normalized spacial score (nSPS) is 22.2. The van der Waals surface area contributed by atoms with E-state index in [4.69, 9.17) is 23.2 Å². The Morgan fingerprint density at radius 2 is 2.12 bits per heavy atom. The number of nitro benzene ring substituents is 1. The van der Waals surface area contributed by atoms with E-state index in [1.807, 2.05) is 0 Å². The Morgan fingerprint density at radius 1 is 1.44 bits per heavy atom. The van der Waals surface area contributed by atoms with Crippen LogP contribution in [0.15, 0.2) is 29.3 Å².